The summed E-state index contributed by atoms with van der Waals surface area (Å²) in [6, 6.07) is 8.65. The van der Waals surface area contributed by atoms with Crippen molar-refractivity contribution in [1.29, 1.82) is 0 Å². The molecule has 108 valence electrons. The van der Waals surface area contributed by atoms with Gasteiger partial charge in [0.2, 0.25) is 0 Å². The van der Waals surface area contributed by atoms with Crippen LogP contribution in [0.1, 0.15) is 11.6 Å². The third-order valence-corrected chi connectivity index (χ3v) is 3.00. The number of benzene rings is 2. The number of nitro groups is 1. The molecule has 0 aliphatic carbocycles. The number of rotatable bonds is 4. The van der Waals surface area contributed by atoms with Gasteiger partial charge < -0.3 is 10.2 Å². The van der Waals surface area contributed by atoms with E-state index in [0.29, 0.717) is 10.7 Å². The molecular formula is C14H11ClN2O4. The summed E-state index contributed by atoms with van der Waals surface area (Å²) in [5.74, 6) is -0.452. The van der Waals surface area contributed by atoms with Crippen molar-refractivity contribution in [3.63, 3.8) is 0 Å². The van der Waals surface area contributed by atoms with Crippen molar-refractivity contribution >= 4 is 23.5 Å². The molecule has 0 amide bonds. The van der Waals surface area contributed by atoms with E-state index >= 15 is 0 Å². The molecule has 0 heterocycles. The highest BCUT2D eigenvalue weighted by atomic mass is 35.5. The lowest BCUT2D eigenvalue weighted by molar-refractivity contribution is -0.507. The fraction of sp³-hybridized carbons (Fsp3) is 0.0714. The van der Waals surface area contributed by atoms with Gasteiger partial charge in [0.25, 0.3) is 6.04 Å². The smallest absolute Gasteiger partial charge is 0.276 e. The molecule has 21 heavy (non-hydrogen) atoms. The van der Waals surface area contributed by atoms with Gasteiger partial charge in [-0.15, -0.1) is 0 Å². The Balaban J connectivity index is 2.33. The molecule has 6 nitrogen and oxygen atoms in total. The van der Waals surface area contributed by atoms with Crippen LogP contribution in [0, 0.1) is 10.1 Å². The van der Waals surface area contributed by atoms with Crippen LogP contribution in [0.3, 0.4) is 0 Å². The molecule has 0 saturated heterocycles. The summed E-state index contributed by atoms with van der Waals surface area (Å²) in [4.78, 5) is 14.5. The zero-order chi connectivity index (χ0) is 15.4. The first-order valence-electron chi connectivity index (χ1n) is 5.92. The third kappa shape index (κ3) is 3.70. The number of phenolic OH excluding ortho intramolecular Hbond substituents is 2. The Bertz CT molecular complexity index is 686. The van der Waals surface area contributed by atoms with Crippen molar-refractivity contribution in [2.24, 2.45) is 4.99 Å². The van der Waals surface area contributed by atoms with Crippen molar-refractivity contribution in [2.45, 2.75) is 6.04 Å². The van der Waals surface area contributed by atoms with Gasteiger partial charge in [-0.05, 0) is 42.5 Å². The van der Waals surface area contributed by atoms with E-state index in [-0.39, 0.29) is 17.1 Å². The molecule has 0 fully saturated rings. The molecule has 1 unspecified atom stereocenters. The summed E-state index contributed by atoms with van der Waals surface area (Å²) < 4.78 is 0. The van der Waals surface area contributed by atoms with Crippen molar-refractivity contribution < 1.29 is 15.1 Å². The maximum Gasteiger partial charge on any atom is 0.276 e. The van der Waals surface area contributed by atoms with Gasteiger partial charge in [-0.25, -0.2) is 0 Å². The predicted molar refractivity (Wildman–Crippen MR) is 79.1 cm³/mol. The zero-order valence-corrected chi connectivity index (χ0v) is 11.4. The van der Waals surface area contributed by atoms with Crippen molar-refractivity contribution in [3.05, 3.63) is 63.2 Å². The predicted octanol–water partition coefficient (Wildman–Crippen LogP) is 3.47. The van der Waals surface area contributed by atoms with Gasteiger partial charge in [0.15, 0.2) is 0 Å². The SMILES string of the molecule is O=[N+]([O-])C(C=Nc1ccc(Cl)cc1)c1cc(O)ccc1O. The Morgan fingerprint density at radius 3 is 2.48 bits per heavy atom. The van der Waals surface area contributed by atoms with Gasteiger partial charge in [-0.2, -0.15) is 0 Å². The minimum atomic E-state index is -1.37. The van der Waals surface area contributed by atoms with E-state index in [0.717, 1.165) is 12.3 Å². The van der Waals surface area contributed by atoms with Crippen LogP contribution in [0.5, 0.6) is 11.5 Å². The fourth-order valence-corrected chi connectivity index (χ4v) is 1.84. The molecule has 0 aliphatic rings. The molecule has 2 N–H and O–H groups in total. The Labute approximate surface area is 125 Å². The summed E-state index contributed by atoms with van der Waals surface area (Å²) in [6.45, 7) is 0. The highest BCUT2D eigenvalue weighted by molar-refractivity contribution is 6.30. The quantitative estimate of drug-likeness (QED) is 0.391. The van der Waals surface area contributed by atoms with Crippen LogP contribution in [0.25, 0.3) is 0 Å². The van der Waals surface area contributed by atoms with Crippen LogP contribution >= 0.6 is 11.6 Å². The number of aromatic hydroxyl groups is 2. The van der Waals surface area contributed by atoms with Gasteiger partial charge in [-0.3, -0.25) is 15.1 Å². The second-order valence-corrected chi connectivity index (χ2v) is 4.66. The largest absolute Gasteiger partial charge is 0.508 e. The number of aliphatic imine (C=N–C) groups is 1. The summed E-state index contributed by atoms with van der Waals surface area (Å²) >= 11 is 5.74. The molecule has 1 atom stereocenters. The van der Waals surface area contributed by atoms with E-state index in [1.165, 1.54) is 12.1 Å². The van der Waals surface area contributed by atoms with Gasteiger partial charge in [0, 0.05) is 9.95 Å². The van der Waals surface area contributed by atoms with Crippen molar-refractivity contribution in [1.82, 2.24) is 0 Å². The first-order valence-corrected chi connectivity index (χ1v) is 6.30. The van der Waals surface area contributed by atoms with E-state index in [1.54, 1.807) is 24.3 Å². The van der Waals surface area contributed by atoms with Gasteiger partial charge in [0.05, 0.1) is 17.5 Å². The monoisotopic (exact) mass is 306 g/mol. The number of halogens is 1. The standard InChI is InChI=1S/C14H11ClN2O4/c15-9-1-3-10(4-2-9)16-8-13(17(20)21)12-7-11(18)5-6-14(12)19/h1-8,13,18-19H. The lowest BCUT2D eigenvalue weighted by Gasteiger charge is -2.07. The summed E-state index contributed by atoms with van der Waals surface area (Å²) in [5, 5.41) is 30.8. The van der Waals surface area contributed by atoms with Crippen LogP contribution in [-0.2, 0) is 0 Å². The molecule has 7 heteroatoms. The molecule has 0 saturated carbocycles. The van der Waals surface area contributed by atoms with Gasteiger partial charge in [-0.1, -0.05) is 11.6 Å². The Morgan fingerprint density at radius 1 is 1.19 bits per heavy atom. The first-order chi connectivity index (χ1) is 9.97. The molecule has 0 bridgehead atoms. The Kier molecular flexibility index (Phi) is 4.39. The maximum absolute atomic E-state index is 11.1. The molecule has 0 radical (unpaired) electrons. The number of phenols is 2. The van der Waals surface area contributed by atoms with Crippen molar-refractivity contribution in [3.8, 4) is 11.5 Å². The van der Waals surface area contributed by atoms with Gasteiger partial charge >= 0.3 is 0 Å². The van der Waals surface area contributed by atoms with Crippen LogP contribution in [0.2, 0.25) is 5.02 Å². The Morgan fingerprint density at radius 2 is 1.86 bits per heavy atom. The molecule has 0 spiro atoms. The normalized spacial score (nSPS) is 12.4. The average molecular weight is 307 g/mol. The fourth-order valence-electron chi connectivity index (χ4n) is 1.71. The van der Waals surface area contributed by atoms with E-state index < -0.39 is 11.0 Å². The molecule has 0 aromatic heterocycles. The summed E-state index contributed by atoms with van der Waals surface area (Å²) in [6.07, 6.45) is 1.09. The second-order valence-electron chi connectivity index (χ2n) is 4.23. The average Bonchev–Trinajstić information content (AvgIpc) is 2.44. The van der Waals surface area contributed by atoms with Crippen LogP contribution in [-0.4, -0.2) is 21.4 Å². The Hall–Kier alpha value is -2.60. The topological polar surface area (TPSA) is 96.0 Å². The molecule has 2 aromatic carbocycles. The lowest BCUT2D eigenvalue weighted by Crippen LogP contribution is -2.12. The van der Waals surface area contributed by atoms with E-state index in [4.69, 9.17) is 11.6 Å². The maximum atomic E-state index is 11.1. The van der Waals surface area contributed by atoms with Gasteiger partial charge in [0.1, 0.15) is 11.5 Å². The highest BCUT2D eigenvalue weighted by Gasteiger charge is 2.24. The van der Waals surface area contributed by atoms with E-state index in [9.17, 15) is 20.3 Å². The lowest BCUT2D eigenvalue weighted by atomic mass is 10.1. The van der Waals surface area contributed by atoms with Crippen LogP contribution in [0.15, 0.2) is 47.5 Å². The molecule has 0 aliphatic heterocycles. The first kappa shape index (κ1) is 14.8. The third-order valence-electron chi connectivity index (χ3n) is 2.75. The zero-order valence-electron chi connectivity index (χ0n) is 10.7. The number of hydrogen-bond acceptors (Lipinski definition) is 5. The van der Waals surface area contributed by atoms with Crippen molar-refractivity contribution in [2.75, 3.05) is 0 Å². The minimum absolute atomic E-state index is 0.0299. The van der Waals surface area contributed by atoms with E-state index in [1.807, 2.05) is 0 Å². The summed E-state index contributed by atoms with van der Waals surface area (Å²) in [7, 11) is 0. The number of hydrogen-bond donors (Lipinski definition) is 2. The van der Waals surface area contributed by atoms with E-state index in [2.05, 4.69) is 4.99 Å². The molecule has 2 aromatic rings. The number of nitrogens with zero attached hydrogens (tertiary/aromatic N) is 2. The van der Waals surface area contributed by atoms with Crippen LogP contribution < -0.4 is 0 Å². The highest BCUT2D eigenvalue weighted by Crippen LogP contribution is 2.29. The summed E-state index contributed by atoms with van der Waals surface area (Å²) in [5.41, 5.74) is 0.462. The minimum Gasteiger partial charge on any atom is -0.508 e. The molecule has 2 rings (SSSR count). The second kappa shape index (κ2) is 6.23. The van der Waals surface area contributed by atoms with Crippen LogP contribution in [0.4, 0.5) is 5.69 Å². The molecular weight excluding hydrogens is 296 g/mol.